The molecule has 198 valence electrons. The van der Waals surface area contributed by atoms with Gasteiger partial charge in [-0.3, -0.25) is 14.5 Å². The Balaban J connectivity index is 1.54. The standard InChI is InChI=1S/C29H25ClFN5O3/c1-3-18-5-8-26(33-16-18)34-29(38)21-14-20(30)15-25(39-2)28(21)36(17-37)24-7-6-19(13-22(24)31)27(23-9-10-32-23)35-11-4-12-35/h1,5-8,13-17,32H,4,9-12H2,2H3,(H,33,34,38). The van der Waals surface area contributed by atoms with Crippen molar-refractivity contribution in [1.82, 2.24) is 15.2 Å². The first-order valence-corrected chi connectivity index (χ1v) is 12.7. The first-order valence-electron chi connectivity index (χ1n) is 12.3. The molecule has 0 radical (unpaired) electrons. The van der Waals surface area contributed by atoms with Crippen LogP contribution in [-0.4, -0.2) is 48.9 Å². The molecule has 8 nitrogen and oxygen atoms in total. The Labute approximate surface area is 230 Å². The summed E-state index contributed by atoms with van der Waals surface area (Å²) < 4.78 is 21.2. The summed E-state index contributed by atoms with van der Waals surface area (Å²) in [4.78, 5) is 33.2. The third-order valence-electron chi connectivity index (χ3n) is 6.67. The third kappa shape index (κ3) is 5.11. The number of carbonyl (C=O) groups is 2. The van der Waals surface area contributed by atoms with Gasteiger partial charge < -0.3 is 20.3 Å². The first-order chi connectivity index (χ1) is 18.9. The Morgan fingerprint density at radius 3 is 2.62 bits per heavy atom. The summed E-state index contributed by atoms with van der Waals surface area (Å²) in [6.45, 7) is 2.70. The van der Waals surface area contributed by atoms with Gasteiger partial charge in [0.1, 0.15) is 23.1 Å². The first kappa shape index (κ1) is 26.1. The summed E-state index contributed by atoms with van der Waals surface area (Å²) >= 11 is 6.27. The van der Waals surface area contributed by atoms with Crippen LogP contribution in [0, 0.1) is 18.2 Å². The number of likely N-dealkylation sites (tertiary alicyclic amines) is 1. The van der Waals surface area contributed by atoms with E-state index in [2.05, 4.69) is 26.4 Å². The molecular formula is C29H25ClFN5O3. The minimum absolute atomic E-state index is 0.0141. The minimum atomic E-state index is -0.632. The lowest BCUT2D eigenvalue weighted by molar-refractivity contribution is -0.106. The van der Waals surface area contributed by atoms with Gasteiger partial charge in [-0.2, -0.15) is 0 Å². The zero-order chi connectivity index (χ0) is 27.5. The molecule has 2 saturated heterocycles. The van der Waals surface area contributed by atoms with E-state index in [1.807, 2.05) is 0 Å². The van der Waals surface area contributed by atoms with Gasteiger partial charge in [0.15, 0.2) is 0 Å². The SMILES string of the molecule is C#Cc1ccc(NC(=O)c2cc(Cl)cc(OC)c2N(C=O)c2ccc(C(=C3CCN3)N3CCC3)cc2F)nc1. The number of benzene rings is 2. The highest BCUT2D eigenvalue weighted by atomic mass is 35.5. The van der Waals surface area contributed by atoms with Crippen molar-refractivity contribution in [1.29, 1.82) is 0 Å². The molecule has 0 bridgehead atoms. The van der Waals surface area contributed by atoms with E-state index in [4.69, 9.17) is 22.8 Å². The summed E-state index contributed by atoms with van der Waals surface area (Å²) in [6, 6.07) is 10.7. The molecule has 2 aliphatic heterocycles. The van der Waals surface area contributed by atoms with E-state index in [1.54, 1.807) is 18.2 Å². The molecule has 2 N–H and O–H groups in total. The van der Waals surface area contributed by atoms with E-state index in [1.165, 1.54) is 37.6 Å². The maximum absolute atomic E-state index is 15.7. The number of halogens is 2. The molecule has 0 atom stereocenters. The molecule has 5 rings (SSSR count). The zero-order valence-electron chi connectivity index (χ0n) is 21.1. The fourth-order valence-corrected chi connectivity index (χ4v) is 4.72. The fraction of sp³-hybridized carbons (Fsp3) is 0.207. The molecule has 2 fully saturated rings. The molecule has 0 unspecified atom stereocenters. The van der Waals surface area contributed by atoms with Crippen molar-refractivity contribution in [3.8, 4) is 18.1 Å². The Bertz CT molecular complexity index is 1510. The lowest BCUT2D eigenvalue weighted by atomic mass is 10.00. The van der Waals surface area contributed by atoms with Crippen LogP contribution in [0.4, 0.5) is 21.6 Å². The van der Waals surface area contributed by atoms with Gasteiger partial charge in [-0.15, -0.1) is 6.42 Å². The lowest BCUT2D eigenvalue weighted by Crippen LogP contribution is -2.40. The number of carbonyl (C=O) groups excluding carboxylic acids is 2. The smallest absolute Gasteiger partial charge is 0.259 e. The maximum Gasteiger partial charge on any atom is 0.259 e. The zero-order valence-corrected chi connectivity index (χ0v) is 21.9. The molecule has 3 aromatic rings. The number of hydrogen-bond acceptors (Lipinski definition) is 6. The largest absolute Gasteiger partial charge is 0.494 e. The average molecular weight is 546 g/mol. The van der Waals surface area contributed by atoms with E-state index in [0.717, 1.165) is 48.8 Å². The van der Waals surface area contributed by atoms with Gasteiger partial charge in [0.05, 0.1) is 24.1 Å². The van der Waals surface area contributed by atoms with Crippen LogP contribution in [0.1, 0.15) is 34.3 Å². The molecule has 10 heteroatoms. The number of anilines is 3. The summed E-state index contributed by atoms with van der Waals surface area (Å²) in [7, 11) is 1.37. The Hall–Kier alpha value is -4.55. The number of methoxy groups -OCH3 is 1. The average Bonchev–Trinajstić information content (AvgIpc) is 2.88. The molecular weight excluding hydrogens is 521 g/mol. The van der Waals surface area contributed by atoms with Gasteiger partial charge in [-0.25, -0.2) is 9.37 Å². The van der Waals surface area contributed by atoms with E-state index in [-0.39, 0.29) is 33.5 Å². The molecule has 39 heavy (non-hydrogen) atoms. The highest BCUT2D eigenvalue weighted by molar-refractivity contribution is 6.31. The quantitative estimate of drug-likeness (QED) is 0.313. The van der Waals surface area contributed by atoms with Crippen LogP contribution in [0.5, 0.6) is 5.75 Å². The summed E-state index contributed by atoms with van der Waals surface area (Å²) in [5, 5.41) is 6.17. The number of amides is 2. The van der Waals surface area contributed by atoms with Gasteiger partial charge in [0.2, 0.25) is 6.41 Å². The van der Waals surface area contributed by atoms with Crippen LogP contribution in [0.15, 0.2) is 54.4 Å². The van der Waals surface area contributed by atoms with Crippen LogP contribution >= 0.6 is 11.6 Å². The number of ether oxygens (including phenoxy) is 1. The van der Waals surface area contributed by atoms with E-state index < -0.39 is 11.7 Å². The van der Waals surface area contributed by atoms with Gasteiger partial charge in [-0.05, 0) is 36.8 Å². The molecule has 0 spiro atoms. The number of rotatable bonds is 8. The topological polar surface area (TPSA) is 86.8 Å². The Morgan fingerprint density at radius 1 is 1.28 bits per heavy atom. The highest BCUT2D eigenvalue weighted by Crippen LogP contribution is 2.41. The van der Waals surface area contributed by atoms with Crippen molar-refractivity contribution in [2.75, 3.05) is 37.0 Å². The molecule has 0 aliphatic carbocycles. The lowest BCUT2D eigenvalue weighted by Gasteiger charge is -2.39. The third-order valence-corrected chi connectivity index (χ3v) is 6.89. The van der Waals surface area contributed by atoms with E-state index in [9.17, 15) is 9.59 Å². The van der Waals surface area contributed by atoms with Crippen LogP contribution in [0.2, 0.25) is 5.02 Å². The van der Waals surface area contributed by atoms with Crippen molar-refractivity contribution >= 4 is 46.8 Å². The molecule has 0 saturated carbocycles. The van der Waals surface area contributed by atoms with Crippen LogP contribution in [0.25, 0.3) is 5.70 Å². The molecule has 2 aromatic carbocycles. The highest BCUT2D eigenvalue weighted by Gasteiger charge is 2.28. The predicted octanol–water partition coefficient (Wildman–Crippen LogP) is 4.78. The second-order valence-electron chi connectivity index (χ2n) is 9.02. The number of terminal acetylenes is 1. The maximum atomic E-state index is 15.7. The van der Waals surface area contributed by atoms with Gasteiger partial charge in [0.25, 0.3) is 5.91 Å². The number of pyridine rings is 1. The number of nitrogens with one attached hydrogen (secondary N) is 2. The minimum Gasteiger partial charge on any atom is -0.494 e. The predicted molar refractivity (Wildman–Crippen MR) is 148 cm³/mol. The summed E-state index contributed by atoms with van der Waals surface area (Å²) in [5.41, 5.74) is 3.29. The molecule has 3 heterocycles. The second-order valence-corrected chi connectivity index (χ2v) is 9.46. The fourth-order valence-electron chi connectivity index (χ4n) is 4.51. The van der Waals surface area contributed by atoms with Crippen molar-refractivity contribution in [2.45, 2.75) is 12.8 Å². The second kappa shape index (κ2) is 11.1. The van der Waals surface area contributed by atoms with E-state index >= 15 is 4.39 Å². The van der Waals surface area contributed by atoms with Gasteiger partial charge in [0, 0.05) is 60.2 Å². The molecule has 1 aromatic heterocycles. The molecule has 2 aliphatic rings. The van der Waals surface area contributed by atoms with Crippen LogP contribution in [0.3, 0.4) is 0 Å². The van der Waals surface area contributed by atoms with Crippen molar-refractivity contribution < 1.29 is 18.7 Å². The van der Waals surface area contributed by atoms with Crippen molar-refractivity contribution in [2.24, 2.45) is 0 Å². The summed E-state index contributed by atoms with van der Waals surface area (Å²) in [6.07, 6.45) is 9.22. The van der Waals surface area contributed by atoms with Crippen molar-refractivity contribution in [3.05, 3.63) is 81.9 Å². The number of aromatic nitrogens is 1. The normalized spacial score (nSPS) is 15.2. The van der Waals surface area contributed by atoms with Gasteiger partial charge >= 0.3 is 0 Å². The molecule has 2 amide bonds. The Kier molecular flexibility index (Phi) is 7.39. The van der Waals surface area contributed by atoms with Crippen molar-refractivity contribution in [3.63, 3.8) is 0 Å². The number of nitrogens with zero attached hydrogens (tertiary/aromatic N) is 3. The number of hydrogen-bond donors (Lipinski definition) is 2. The van der Waals surface area contributed by atoms with Gasteiger partial charge in [-0.1, -0.05) is 23.6 Å². The monoisotopic (exact) mass is 545 g/mol. The van der Waals surface area contributed by atoms with E-state index in [0.29, 0.717) is 17.5 Å². The van der Waals surface area contributed by atoms with Crippen LogP contribution < -0.4 is 20.3 Å². The summed E-state index contributed by atoms with van der Waals surface area (Å²) in [5.74, 6) is 1.54. The van der Waals surface area contributed by atoms with Crippen LogP contribution in [-0.2, 0) is 4.79 Å². The Morgan fingerprint density at radius 2 is 2.08 bits per heavy atom.